The third-order valence-electron chi connectivity index (χ3n) is 5.90. The Hall–Kier alpha value is -3.89. The predicted molar refractivity (Wildman–Crippen MR) is 118 cm³/mol. The molecular weight excluding hydrogens is 451 g/mol. The Balaban J connectivity index is 1.28. The molecular formula is C23H20F3N5O3. The highest BCUT2D eigenvalue weighted by Gasteiger charge is 2.31. The molecule has 0 radical (unpaired) electrons. The standard InChI is InChI=1S/C23H20F3N5O3/c24-23(25,26)15-6-7-18(27-12-15)29-8-3-9-30(11-10-29)19(32)13-31-14-28-20-16-4-1-2-5-17(16)34-21(20)22(31)33/h1-2,4-7,12,14H,3,8-11,13H2. The molecule has 1 aromatic carbocycles. The first-order valence-corrected chi connectivity index (χ1v) is 10.7. The molecule has 1 aliphatic heterocycles. The number of hydrogen-bond donors (Lipinski definition) is 0. The van der Waals surface area contributed by atoms with Gasteiger partial charge in [-0.1, -0.05) is 12.1 Å². The number of fused-ring (bicyclic) bond motifs is 3. The maximum atomic E-state index is 12.9. The number of anilines is 1. The van der Waals surface area contributed by atoms with Gasteiger partial charge in [0.25, 0.3) is 5.56 Å². The average Bonchev–Trinajstić information content (AvgIpc) is 3.02. The van der Waals surface area contributed by atoms with Gasteiger partial charge in [-0.05, 0) is 30.7 Å². The SMILES string of the molecule is O=C(Cn1cnc2c(oc3ccccc32)c1=O)N1CCCN(c2ccc(C(F)(F)F)cn2)CC1. The molecule has 0 spiro atoms. The number of furan rings is 1. The van der Waals surface area contributed by atoms with Crippen molar-refractivity contribution in [2.45, 2.75) is 19.1 Å². The summed E-state index contributed by atoms with van der Waals surface area (Å²) in [5.41, 5.74) is -0.121. The van der Waals surface area contributed by atoms with Crippen molar-refractivity contribution < 1.29 is 22.4 Å². The number of amides is 1. The normalized spacial score (nSPS) is 15.1. The summed E-state index contributed by atoms with van der Waals surface area (Å²) in [6.45, 7) is 1.60. The van der Waals surface area contributed by atoms with Crippen molar-refractivity contribution in [1.29, 1.82) is 0 Å². The molecule has 0 bridgehead atoms. The van der Waals surface area contributed by atoms with Gasteiger partial charge in [-0.15, -0.1) is 0 Å². The van der Waals surface area contributed by atoms with Crippen LogP contribution >= 0.6 is 0 Å². The van der Waals surface area contributed by atoms with Gasteiger partial charge in [0.15, 0.2) is 0 Å². The van der Waals surface area contributed by atoms with Gasteiger partial charge in [0.05, 0.1) is 11.9 Å². The van der Waals surface area contributed by atoms with E-state index in [0.29, 0.717) is 49.5 Å². The van der Waals surface area contributed by atoms with Gasteiger partial charge >= 0.3 is 6.18 Å². The van der Waals surface area contributed by atoms with Crippen LogP contribution in [0.25, 0.3) is 22.1 Å². The summed E-state index contributed by atoms with van der Waals surface area (Å²) in [5, 5.41) is 0.734. The van der Waals surface area contributed by atoms with Gasteiger partial charge in [-0.3, -0.25) is 14.2 Å². The lowest BCUT2D eigenvalue weighted by Gasteiger charge is -2.23. The molecule has 3 aromatic heterocycles. The van der Waals surface area contributed by atoms with Crippen molar-refractivity contribution in [2.75, 3.05) is 31.1 Å². The first kappa shape index (κ1) is 21.9. The second-order valence-electron chi connectivity index (χ2n) is 8.08. The van der Waals surface area contributed by atoms with Crippen LogP contribution in [-0.2, 0) is 17.5 Å². The van der Waals surface area contributed by atoms with Crippen LogP contribution in [0.15, 0.2) is 58.1 Å². The minimum atomic E-state index is -4.44. The number of pyridine rings is 1. The Morgan fingerprint density at radius 1 is 1.03 bits per heavy atom. The summed E-state index contributed by atoms with van der Waals surface area (Å²) in [6, 6.07) is 9.54. The van der Waals surface area contributed by atoms with Crippen LogP contribution < -0.4 is 10.5 Å². The van der Waals surface area contributed by atoms with Crippen molar-refractivity contribution in [1.82, 2.24) is 19.4 Å². The summed E-state index contributed by atoms with van der Waals surface area (Å²) >= 11 is 0. The number of halogens is 3. The fraction of sp³-hybridized carbons (Fsp3) is 0.304. The van der Waals surface area contributed by atoms with E-state index in [-0.39, 0.29) is 18.0 Å². The Morgan fingerprint density at radius 3 is 2.62 bits per heavy atom. The largest absolute Gasteiger partial charge is 0.448 e. The van der Waals surface area contributed by atoms with Crippen LogP contribution in [0.4, 0.5) is 19.0 Å². The molecule has 8 nitrogen and oxygen atoms in total. The van der Waals surface area contributed by atoms with Crippen molar-refractivity contribution >= 4 is 33.8 Å². The van der Waals surface area contributed by atoms with Crippen LogP contribution in [0.3, 0.4) is 0 Å². The highest BCUT2D eigenvalue weighted by Crippen LogP contribution is 2.29. The van der Waals surface area contributed by atoms with E-state index in [4.69, 9.17) is 4.42 Å². The molecule has 0 N–H and O–H groups in total. The summed E-state index contributed by atoms with van der Waals surface area (Å²) in [7, 11) is 0. The number of benzene rings is 1. The van der Waals surface area contributed by atoms with Gasteiger partial charge in [-0.2, -0.15) is 13.2 Å². The van der Waals surface area contributed by atoms with E-state index in [1.165, 1.54) is 17.0 Å². The lowest BCUT2D eigenvalue weighted by atomic mass is 10.2. The fourth-order valence-electron chi connectivity index (χ4n) is 4.11. The maximum absolute atomic E-state index is 12.9. The zero-order valence-corrected chi connectivity index (χ0v) is 18.0. The lowest BCUT2D eigenvalue weighted by Crippen LogP contribution is -2.39. The second kappa shape index (κ2) is 8.47. The van der Waals surface area contributed by atoms with E-state index in [9.17, 15) is 22.8 Å². The van der Waals surface area contributed by atoms with Gasteiger partial charge < -0.3 is 14.2 Å². The quantitative estimate of drug-likeness (QED) is 0.456. The number of aromatic nitrogens is 3. The maximum Gasteiger partial charge on any atom is 0.417 e. The molecule has 176 valence electrons. The molecule has 0 saturated carbocycles. The number of alkyl halides is 3. The van der Waals surface area contributed by atoms with Crippen molar-refractivity contribution in [3.8, 4) is 0 Å². The van der Waals surface area contributed by atoms with Gasteiger partial charge in [0, 0.05) is 37.8 Å². The lowest BCUT2D eigenvalue weighted by molar-refractivity contribution is -0.137. The van der Waals surface area contributed by atoms with Crippen LogP contribution in [0.1, 0.15) is 12.0 Å². The summed E-state index contributed by atoms with van der Waals surface area (Å²) < 4.78 is 45.2. The van der Waals surface area contributed by atoms with Gasteiger partial charge in [0.1, 0.15) is 23.5 Å². The Bertz CT molecular complexity index is 1410. The predicted octanol–water partition coefficient (Wildman–Crippen LogP) is 3.30. The molecule has 0 unspecified atom stereocenters. The minimum Gasteiger partial charge on any atom is -0.448 e. The molecule has 4 heterocycles. The molecule has 0 atom stereocenters. The Morgan fingerprint density at radius 2 is 1.85 bits per heavy atom. The zero-order chi connectivity index (χ0) is 23.9. The molecule has 1 aliphatic rings. The van der Waals surface area contributed by atoms with E-state index in [1.807, 2.05) is 17.0 Å². The van der Waals surface area contributed by atoms with Gasteiger partial charge in [0.2, 0.25) is 11.5 Å². The van der Waals surface area contributed by atoms with E-state index in [2.05, 4.69) is 9.97 Å². The van der Waals surface area contributed by atoms with E-state index in [1.54, 1.807) is 17.0 Å². The Labute approximate surface area is 191 Å². The molecule has 11 heteroatoms. The topological polar surface area (TPSA) is 84.5 Å². The first-order chi connectivity index (χ1) is 16.3. The fourth-order valence-corrected chi connectivity index (χ4v) is 4.11. The summed E-state index contributed by atoms with van der Waals surface area (Å²) in [4.78, 5) is 37.6. The van der Waals surface area contributed by atoms with Crippen molar-refractivity contribution in [3.05, 3.63) is 64.8 Å². The van der Waals surface area contributed by atoms with Crippen molar-refractivity contribution in [3.63, 3.8) is 0 Å². The molecule has 34 heavy (non-hydrogen) atoms. The third-order valence-corrected chi connectivity index (χ3v) is 5.90. The third kappa shape index (κ3) is 4.09. The molecule has 0 aliphatic carbocycles. The number of carbonyl (C=O) groups excluding carboxylic acids is 1. The highest BCUT2D eigenvalue weighted by molar-refractivity contribution is 6.01. The second-order valence-corrected chi connectivity index (χ2v) is 8.08. The molecule has 4 aromatic rings. The number of para-hydroxylation sites is 1. The van der Waals surface area contributed by atoms with Crippen LogP contribution in [0.2, 0.25) is 0 Å². The summed E-state index contributed by atoms with van der Waals surface area (Å²) in [5.74, 6) is 0.180. The smallest absolute Gasteiger partial charge is 0.417 e. The highest BCUT2D eigenvalue weighted by atomic mass is 19.4. The molecule has 1 amide bonds. The summed E-state index contributed by atoms with van der Waals surface area (Å²) in [6.07, 6.45) is -1.66. The molecule has 5 rings (SSSR count). The van der Waals surface area contributed by atoms with Crippen LogP contribution in [0.5, 0.6) is 0 Å². The van der Waals surface area contributed by atoms with E-state index in [0.717, 1.165) is 17.6 Å². The van der Waals surface area contributed by atoms with Crippen LogP contribution in [0, 0.1) is 0 Å². The van der Waals surface area contributed by atoms with Crippen molar-refractivity contribution in [2.24, 2.45) is 0 Å². The zero-order valence-electron chi connectivity index (χ0n) is 18.0. The number of carbonyl (C=O) groups is 1. The Kier molecular flexibility index (Phi) is 5.46. The van der Waals surface area contributed by atoms with E-state index < -0.39 is 17.3 Å². The first-order valence-electron chi connectivity index (χ1n) is 10.7. The van der Waals surface area contributed by atoms with Crippen LogP contribution in [-0.4, -0.2) is 51.5 Å². The number of hydrogen-bond acceptors (Lipinski definition) is 6. The van der Waals surface area contributed by atoms with Gasteiger partial charge in [-0.25, -0.2) is 9.97 Å². The molecule has 1 saturated heterocycles. The van der Waals surface area contributed by atoms with E-state index >= 15 is 0 Å². The number of nitrogens with zero attached hydrogens (tertiary/aromatic N) is 5. The number of rotatable bonds is 3. The monoisotopic (exact) mass is 471 g/mol. The minimum absolute atomic E-state index is 0.104. The molecule has 1 fully saturated rings. The average molecular weight is 471 g/mol.